The van der Waals surface area contributed by atoms with Gasteiger partial charge >= 0.3 is 0 Å². The second-order valence-corrected chi connectivity index (χ2v) is 9.25. The molecule has 0 aliphatic rings. The Bertz CT molecular complexity index is 1630. The molecule has 0 amide bonds. The second kappa shape index (κ2) is 8.14. The van der Waals surface area contributed by atoms with Gasteiger partial charge in [0.25, 0.3) is 10.0 Å². The molecular formula is C20H13F3N6O3S2. The number of hydrogen-bond acceptors (Lipinski definition) is 7. The third-order valence-corrected chi connectivity index (χ3v) is 7.08. The molecule has 174 valence electrons. The Labute approximate surface area is 193 Å². The Morgan fingerprint density at radius 2 is 1.94 bits per heavy atom. The highest BCUT2D eigenvalue weighted by atomic mass is 32.2. The summed E-state index contributed by atoms with van der Waals surface area (Å²) in [6, 6.07) is 4.15. The van der Waals surface area contributed by atoms with Gasteiger partial charge in [-0.15, -0.1) is 0 Å². The number of anilines is 1. The molecule has 3 heterocycles. The van der Waals surface area contributed by atoms with Gasteiger partial charge in [0.15, 0.2) is 22.4 Å². The number of aromatic amines is 2. The van der Waals surface area contributed by atoms with Crippen LogP contribution < -0.4 is 9.46 Å². The highest BCUT2D eigenvalue weighted by molar-refractivity contribution is 7.93. The highest BCUT2D eigenvalue weighted by Crippen LogP contribution is 2.36. The normalized spacial score (nSPS) is 11.8. The standard InChI is InChI=1S/C20H13F3N6O3S2/c1-32-20-14(8-33-28-20)34(30,31)29-13-7-9(21)6-12(15(13)22)10-2-3-11-17(16(10)23)26-27-18(11)19-24-4-5-25-19/h2-8,29H,1H3,(H,24,25)(H,26,27). The average molecular weight is 506 g/mol. The number of fused-ring (bicyclic) bond motifs is 1. The molecule has 34 heavy (non-hydrogen) atoms. The van der Waals surface area contributed by atoms with Gasteiger partial charge in [-0.3, -0.25) is 9.82 Å². The first kappa shape index (κ1) is 21.9. The lowest BCUT2D eigenvalue weighted by Gasteiger charge is -2.13. The summed E-state index contributed by atoms with van der Waals surface area (Å²) in [6.45, 7) is 0. The summed E-state index contributed by atoms with van der Waals surface area (Å²) in [4.78, 5) is 6.61. The van der Waals surface area contributed by atoms with Gasteiger partial charge in [0.05, 0.1) is 12.8 Å². The van der Waals surface area contributed by atoms with Crippen molar-refractivity contribution in [2.24, 2.45) is 0 Å². The van der Waals surface area contributed by atoms with Crippen LogP contribution in [0, 0.1) is 17.5 Å². The molecule has 0 saturated carbocycles. The zero-order valence-corrected chi connectivity index (χ0v) is 18.7. The van der Waals surface area contributed by atoms with Crippen LogP contribution in [-0.4, -0.2) is 40.1 Å². The number of nitrogens with one attached hydrogen (secondary N) is 3. The fourth-order valence-electron chi connectivity index (χ4n) is 3.43. The average Bonchev–Trinajstić information content (AvgIpc) is 3.56. The predicted molar refractivity (Wildman–Crippen MR) is 118 cm³/mol. The van der Waals surface area contributed by atoms with E-state index in [1.807, 2.05) is 4.72 Å². The lowest BCUT2D eigenvalue weighted by atomic mass is 10.0. The van der Waals surface area contributed by atoms with Crippen molar-refractivity contribution in [2.75, 3.05) is 11.8 Å². The fourth-order valence-corrected chi connectivity index (χ4v) is 5.55. The zero-order chi connectivity index (χ0) is 24.0. The Morgan fingerprint density at radius 3 is 2.68 bits per heavy atom. The number of nitrogens with zero attached hydrogens (tertiary/aromatic N) is 3. The van der Waals surface area contributed by atoms with E-state index in [2.05, 4.69) is 24.5 Å². The van der Waals surface area contributed by atoms with Crippen molar-refractivity contribution >= 4 is 38.1 Å². The third-order valence-electron chi connectivity index (χ3n) is 4.96. The number of sulfonamides is 1. The molecule has 0 aliphatic carbocycles. The molecule has 0 atom stereocenters. The minimum absolute atomic E-state index is 0.122. The molecule has 0 radical (unpaired) electrons. The molecule has 0 unspecified atom stereocenters. The highest BCUT2D eigenvalue weighted by Gasteiger charge is 2.26. The van der Waals surface area contributed by atoms with Gasteiger partial charge in [0.2, 0.25) is 5.88 Å². The summed E-state index contributed by atoms with van der Waals surface area (Å²) in [5.41, 5.74) is -1.21. The van der Waals surface area contributed by atoms with Gasteiger partial charge < -0.3 is 9.72 Å². The molecule has 0 fully saturated rings. The van der Waals surface area contributed by atoms with E-state index in [0.29, 0.717) is 23.0 Å². The molecule has 0 bridgehead atoms. The van der Waals surface area contributed by atoms with Crippen LogP contribution in [0.4, 0.5) is 18.9 Å². The first-order valence-corrected chi connectivity index (χ1v) is 11.8. The van der Waals surface area contributed by atoms with E-state index in [1.54, 1.807) is 6.20 Å². The van der Waals surface area contributed by atoms with Crippen LogP contribution in [0.1, 0.15) is 0 Å². The third kappa shape index (κ3) is 3.56. The number of imidazole rings is 1. The molecule has 3 aromatic heterocycles. The van der Waals surface area contributed by atoms with Crippen molar-refractivity contribution in [2.45, 2.75) is 4.90 Å². The van der Waals surface area contributed by atoms with Crippen LogP contribution in [-0.2, 0) is 10.0 Å². The topological polar surface area (TPSA) is 126 Å². The van der Waals surface area contributed by atoms with E-state index >= 15 is 8.78 Å². The maximum atomic E-state index is 15.4. The van der Waals surface area contributed by atoms with Crippen molar-refractivity contribution in [1.82, 2.24) is 24.5 Å². The summed E-state index contributed by atoms with van der Waals surface area (Å²) in [5, 5.41) is 8.16. The lowest BCUT2D eigenvalue weighted by Crippen LogP contribution is -2.15. The first-order valence-electron chi connectivity index (χ1n) is 9.47. The maximum Gasteiger partial charge on any atom is 0.268 e. The van der Waals surface area contributed by atoms with Crippen molar-refractivity contribution in [3.8, 4) is 28.5 Å². The van der Waals surface area contributed by atoms with Crippen LogP contribution in [0.15, 0.2) is 46.9 Å². The minimum atomic E-state index is -4.37. The lowest BCUT2D eigenvalue weighted by molar-refractivity contribution is 0.391. The van der Waals surface area contributed by atoms with Crippen LogP contribution in [0.2, 0.25) is 0 Å². The molecule has 9 nitrogen and oxygen atoms in total. The first-order chi connectivity index (χ1) is 16.3. The molecule has 2 aromatic carbocycles. The van der Waals surface area contributed by atoms with Gasteiger partial charge in [-0.1, -0.05) is 6.07 Å². The largest absolute Gasteiger partial charge is 0.479 e. The summed E-state index contributed by atoms with van der Waals surface area (Å²) in [7, 11) is -3.15. The molecule has 0 saturated heterocycles. The Hall–Kier alpha value is -3.91. The number of benzene rings is 2. The molecule has 0 spiro atoms. The summed E-state index contributed by atoms with van der Waals surface area (Å²) < 4.78 is 81.1. The van der Waals surface area contributed by atoms with Crippen molar-refractivity contribution in [3.63, 3.8) is 0 Å². The van der Waals surface area contributed by atoms with Gasteiger partial charge in [-0.25, -0.2) is 26.6 Å². The molecular weight excluding hydrogens is 493 g/mol. The van der Waals surface area contributed by atoms with E-state index < -0.39 is 38.7 Å². The van der Waals surface area contributed by atoms with Gasteiger partial charge in [-0.2, -0.15) is 9.47 Å². The number of H-pyrrole nitrogens is 2. The van der Waals surface area contributed by atoms with Crippen LogP contribution >= 0.6 is 11.5 Å². The van der Waals surface area contributed by atoms with E-state index in [4.69, 9.17) is 4.74 Å². The summed E-state index contributed by atoms with van der Waals surface area (Å²) >= 11 is 0.811. The molecule has 14 heteroatoms. The van der Waals surface area contributed by atoms with Crippen molar-refractivity contribution in [1.29, 1.82) is 0 Å². The fraction of sp³-hybridized carbons (Fsp3) is 0.0500. The van der Waals surface area contributed by atoms with Crippen molar-refractivity contribution in [3.05, 3.63) is 59.5 Å². The monoisotopic (exact) mass is 506 g/mol. The number of hydrogen-bond donors (Lipinski definition) is 3. The minimum Gasteiger partial charge on any atom is -0.479 e. The number of aromatic nitrogens is 5. The van der Waals surface area contributed by atoms with Crippen molar-refractivity contribution < 1.29 is 26.3 Å². The van der Waals surface area contributed by atoms with E-state index in [1.165, 1.54) is 30.8 Å². The summed E-state index contributed by atoms with van der Waals surface area (Å²) in [5.74, 6) is -2.86. The maximum absolute atomic E-state index is 15.4. The predicted octanol–water partition coefficient (Wildman–Crippen LogP) is 4.30. The van der Waals surface area contributed by atoms with Gasteiger partial charge in [0.1, 0.15) is 17.0 Å². The van der Waals surface area contributed by atoms with Gasteiger partial charge in [-0.05, 0) is 23.7 Å². The second-order valence-electron chi connectivity index (χ2n) is 6.97. The quantitative estimate of drug-likeness (QED) is 0.315. The molecule has 3 N–H and O–H groups in total. The Morgan fingerprint density at radius 1 is 1.12 bits per heavy atom. The van der Waals surface area contributed by atoms with E-state index in [0.717, 1.165) is 17.6 Å². The Kier molecular flexibility index (Phi) is 5.25. The zero-order valence-electron chi connectivity index (χ0n) is 17.1. The number of halogens is 3. The van der Waals surface area contributed by atoms with E-state index in [9.17, 15) is 12.8 Å². The Balaban J connectivity index is 1.60. The SMILES string of the molecule is COc1nscc1S(=O)(=O)Nc1cc(F)cc(-c2ccc3c(-c4ncc[nH]4)[nH]nc3c2F)c1F. The van der Waals surface area contributed by atoms with Crippen LogP contribution in [0.25, 0.3) is 33.5 Å². The molecule has 5 aromatic rings. The number of ether oxygens (including phenoxy) is 1. The van der Waals surface area contributed by atoms with Gasteiger partial charge in [0, 0.05) is 40.4 Å². The van der Waals surface area contributed by atoms with Crippen LogP contribution in [0.3, 0.4) is 0 Å². The molecule has 5 rings (SSSR count). The summed E-state index contributed by atoms with van der Waals surface area (Å²) in [6.07, 6.45) is 3.10. The van der Waals surface area contributed by atoms with E-state index in [-0.39, 0.29) is 21.9 Å². The van der Waals surface area contributed by atoms with Crippen LogP contribution in [0.5, 0.6) is 5.88 Å². The number of methoxy groups -OCH3 is 1. The molecule has 0 aliphatic heterocycles. The number of rotatable bonds is 6. The smallest absolute Gasteiger partial charge is 0.268 e.